The molecule has 0 aromatic heterocycles. The van der Waals surface area contributed by atoms with Gasteiger partial charge in [-0.15, -0.1) is 0 Å². The van der Waals surface area contributed by atoms with Crippen LogP contribution < -0.4 is 10.2 Å². The van der Waals surface area contributed by atoms with Crippen molar-refractivity contribution in [2.45, 2.75) is 38.2 Å². The van der Waals surface area contributed by atoms with Crippen molar-refractivity contribution in [3.63, 3.8) is 0 Å². The molecule has 1 atom stereocenters. The highest BCUT2D eigenvalue weighted by atomic mass is 16.3. The van der Waals surface area contributed by atoms with Crippen molar-refractivity contribution in [1.82, 2.24) is 4.90 Å². The van der Waals surface area contributed by atoms with E-state index in [2.05, 4.69) is 16.3 Å². The highest BCUT2D eigenvalue weighted by molar-refractivity contribution is 5.93. The molecule has 1 aliphatic carbocycles. The van der Waals surface area contributed by atoms with E-state index in [1.807, 2.05) is 18.2 Å². The van der Waals surface area contributed by atoms with Crippen LogP contribution in [0.5, 0.6) is 0 Å². The molecular formula is C18H27N3O2. The molecule has 1 unspecified atom stereocenters. The Bertz CT molecular complexity index is 539. The molecule has 2 N–H and O–H groups in total. The molecule has 5 heteroatoms. The van der Waals surface area contributed by atoms with E-state index in [1.54, 1.807) is 11.9 Å². The second kappa shape index (κ2) is 7.21. The molecule has 1 aromatic rings. The fraction of sp³-hybridized carbons (Fsp3) is 0.611. The van der Waals surface area contributed by atoms with Crippen molar-refractivity contribution in [3.8, 4) is 0 Å². The zero-order valence-corrected chi connectivity index (χ0v) is 13.9. The standard InChI is InChI=1S/C18H27N3O2/c1-20(13-17(22)14-9-10-14)18(23)19-15-7-3-4-8-16(15)21-11-5-2-6-12-21/h3-4,7-8,14,17,22H,2,5-6,9-13H2,1H3,(H,19,23). The van der Waals surface area contributed by atoms with Crippen molar-refractivity contribution in [2.24, 2.45) is 5.92 Å². The summed E-state index contributed by atoms with van der Waals surface area (Å²) >= 11 is 0. The number of carbonyl (C=O) groups excluding carboxylic acids is 1. The van der Waals surface area contributed by atoms with E-state index in [-0.39, 0.29) is 6.03 Å². The van der Waals surface area contributed by atoms with E-state index in [4.69, 9.17) is 0 Å². The number of nitrogens with one attached hydrogen (secondary N) is 1. The molecule has 1 aliphatic heterocycles. The van der Waals surface area contributed by atoms with Crippen molar-refractivity contribution < 1.29 is 9.90 Å². The lowest BCUT2D eigenvalue weighted by atomic mass is 10.1. The largest absolute Gasteiger partial charge is 0.391 e. The Hall–Kier alpha value is -1.75. The maximum atomic E-state index is 12.4. The van der Waals surface area contributed by atoms with Crippen molar-refractivity contribution in [3.05, 3.63) is 24.3 Å². The molecule has 2 aliphatic rings. The molecule has 23 heavy (non-hydrogen) atoms. The molecule has 2 amide bonds. The third-order valence-corrected chi connectivity index (χ3v) is 4.82. The normalized spacial score (nSPS) is 19.3. The van der Waals surface area contributed by atoms with E-state index >= 15 is 0 Å². The van der Waals surface area contributed by atoms with Crippen LogP contribution in [-0.4, -0.2) is 48.8 Å². The Morgan fingerprint density at radius 2 is 2.00 bits per heavy atom. The number of amides is 2. The first kappa shape index (κ1) is 16.1. The van der Waals surface area contributed by atoms with Crippen LogP contribution in [0, 0.1) is 5.92 Å². The summed E-state index contributed by atoms with van der Waals surface area (Å²) in [6.07, 6.45) is 5.45. The number of hydrogen-bond donors (Lipinski definition) is 2. The van der Waals surface area contributed by atoms with Crippen LogP contribution in [0.3, 0.4) is 0 Å². The maximum Gasteiger partial charge on any atom is 0.321 e. The van der Waals surface area contributed by atoms with Crippen LogP contribution in [0.2, 0.25) is 0 Å². The summed E-state index contributed by atoms with van der Waals surface area (Å²) in [5.41, 5.74) is 1.95. The zero-order chi connectivity index (χ0) is 16.2. The molecule has 2 fully saturated rings. The second-order valence-electron chi connectivity index (χ2n) is 6.78. The van der Waals surface area contributed by atoms with E-state index in [1.165, 1.54) is 19.3 Å². The van der Waals surface area contributed by atoms with Gasteiger partial charge in [0.2, 0.25) is 0 Å². The van der Waals surface area contributed by atoms with E-state index < -0.39 is 6.10 Å². The smallest absolute Gasteiger partial charge is 0.321 e. The Morgan fingerprint density at radius 1 is 1.30 bits per heavy atom. The average Bonchev–Trinajstić information content (AvgIpc) is 3.41. The highest BCUT2D eigenvalue weighted by Crippen LogP contribution is 2.33. The molecule has 126 valence electrons. The predicted molar refractivity (Wildman–Crippen MR) is 92.9 cm³/mol. The summed E-state index contributed by atoms with van der Waals surface area (Å²) < 4.78 is 0. The fourth-order valence-electron chi connectivity index (χ4n) is 3.19. The molecule has 1 saturated heterocycles. The first-order chi connectivity index (χ1) is 11.1. The van der Waals surface area contributed by atoms with Gasteiger partial charge in [-0.25, -0.2) is 4.79 Å². The SMILES string of the molecule is CN(CC(O)C1CC1)C(=O)Nc1ccccc1N1CCCCC1. The maximum absolute atomic E-state index is 12.4. The summed E-state index contributed by atoms with van der Waals surface area (Å²) in [4.78, 5) is 16.3. The number of nitrogens with zero attached hydrogens (tertiary/aromatic N) is 2. The van der Waals surface area contributed by atoms with Crippen molar-refractivity contribution >= 4 is 17.4 Å². The number of para-hydroxylation sites is 2. The van der Waals surface area contributed by atoms with Gasteiger partial charge in [0, 0.05) is 26.7 Å². The number of rotatable bonds is 5. The number of likely N-dealkylation sites (N-methyl/N-ethyl adjacent to an activating group) is 1. The molecule has 0 radical (unpaired) electrons. The van der Waals surface area contributed by atoms with Crippen LogP contribution >= 0.6 is 0 Å². The van der Waals surface area contributed by atoms with Gasteiger partial charge in [0.15, 0.2) is 0 Å². The van der Waals surface area contributed by atoms with Gasteiger partial charge in [-0.05, 0) is 50.2 Å². The van der Waals surface area contributed by atoms with Gasteiger partial charge in [0.25, 0.3) is 0 Å². The highest BCUT2D eigenvalue weighted by Gasteiger charge is 2.31. The summed E-state index contributed by atoms with van der Waals surface area (Å²) in [5.74, 6) is 0.380. The molecule has 5 nitrogen and oxygen atoms in total. The van der Waals surface area contributed by atoms with Gasteiger partial charge < -0.3 is 20.2 Å². The van der Waals surface area contributed by atoms with E-state index in [0.29, 0.717) is 12.5 Å². The number of carbonyl (C=O) groups is 1. The predicted octanol–water partition coefficient (Wildman–Crippen LogP) is 2.91. The summed E-state index contributed by atoms with van der Waals surface area (Å²) in [5, 5.41) is 13.0. The van der Waals surface area contributed by atoms with Crippen LogP contribution in [0.4, 0.5) is 16.2 Å². The minimum atomic E-state index is -0.400. The van der Waals surface area contributed by atoms with Crippen LogP contribution in [-0.2, 0) is 0 Å². The number of anilines is 2. The Labute approximate surface area is 138 Å². The van der Waals surface area contributed by atoms with Gasteiger partial charge in [-0.3, -0.25) is 0 Å². The molecule has 1 heterocycles. The van der Waals surface area contributed by atoms with Crippen LogP contribution in [0.25, 0.3) is 0 Å². The fourth-order valence-corrected chi connectivity index (χ4v) is 3.19. The molecular weight excluding hydrogens is 290 g/mol. The summed E-state index contributed by atoms with van der Waals surface area (Å²) in [6.45, 7) is 2.48. The lowest BCUT2D eigenvalue weighted by molar-refractivity contribution is 0.117. The number of urea groups is 1. The zero-order valence-electron chi connectivity index (χ0n) is 13.9. The van der Waals surface area contributed by atoms with Crippen molar-refractivity contribution in [1.29, 1.82) is 0 Å². The lowest BCUT2D eigenvalue weighted by Gasteiger charge is -2.31. The third kappa shape index (κ3) is 4.16. The minimum absolute atomic E-state index is 0.158. The van der Waals surface area contributed by atoms with Gasteiger partial charge in [0.05, 0.1) is 17.5 Å². The van der Waals surface area contributed by atoms with E-state index in [9.17, 15) is 9.90 Å². The molecule has 1 saturated carbocycles. The van der Waals surface area contributed by atoms with Crippen LogP contribution in [0.15, 0.2) is 24.3 Å². The number of benzene rings is 1. The van der Waals surface area contributed by atoms with Crippen molar-refractivity contribution in [2.75, 3.05) is 36.9 Å². The van der Waals surface area contributed by atoms with Gasteiger partial charge in [-0.1, -0.05) is 12.1 Å². The second-order valence-corrected chi connectivity index (χ2v) is 6.78. The minimum Gasteiger partial charge on any atom is -0.391 e. The van der Waals surface area contributed by atoms with Gasteiger partial charge in [-0.2, -0.15) is 0 Å². The first-order valence-corrected chi connectivity index (χ1v) is 8.69. The van der Waals surface area contributed by atoms with Gasteiger partial charge >= 0.3 is 6.03 Å². The third-order valence-electron chi connectivity index (χ3n) is 4.82. The lowest BCUT2D eigenvalue weighted by Crippen LogP contribution is -2.38. The monoisotopic (exact) mass is 317 g/mol. The molecule has 0 spiro atoms. The molecule has 0 bridgehead atoms. The Kier molecular flexibility index (Phi) is 5.06. The summed E-state index contributed by atoms with van der Waals surface area (Å²) in [7, 11) is 1.74. The van der Waals surface area contributed by atoms with E-state index in [0.717, 1.165) is 37.3 Å². The Balaban J connectivity index is 1.63. The number of aliphatic hydroxyl groups is 1. The number of hydrogen-bond acceptors (Lipinski definition) is 3. The van der Waals surface area contributed by atoms with Gasteiger partial charge in [0.1, 0.15) is 0 Å². The molecule has 3 rings (SSSR count). The quantitative estimate of drug-likeness (QED) is 0.878. The first-order valence-electron chi connectivity index (χ1n) is 8.69. The Morgan fingerprint density at radius 3 is 2.70 bits per heavy atom. The average molecular weight is 317 g/mol. The number of aliphatic hydroxyl groups excluding tert-OH is 1. The van der Waals surface area contributed by atoms with Crippen LogP contribution in [0.1, 0.15) is 32.1 Å². The number of piperidine rings is 1. The topological polar surface area (TPSA) is 55.8 Å². The summed E-state index contributed by atoms with van der Waals surface area (Å²) in [6, 6.07) is 7.82. The molecule has 1 aromatic carbocycles.